The van der Waals surface area contributed by atoms with Gasteiger partial charge in [0.2, 0.25) is 0 Å². The zero-order chi connectivity index (χ0) is 13.0. The maximum Gasteiger partial charge on any atom is 0.124 e. The fourth-order valence-corrected chi connectivity index (χ4v) is 2.93. The Labute approximate surface area is 114 Å². The van der Waals surface area contributed by atoms with Gasteiger partial charge in [0.15, 0.2) is 0 Å². The lowest BCUT2D eigenvalue weighted by Gasteiger charge is -2.38. The van der Waals surface area contributed by atoms with Crippen molar-refractivity contribution >= 4 is 22.9 Å². The van der Waals surface area contributed by atoms with Crippen molar-refractivity contribution in [3.05, 3.63) is 24.0 Å². The van der Waals surface area contributed by atoms with Crippen LogP contribution in [-0.4, -0.2) is 22.6 Å². The van der Waals surface area contributed by atoms with E-state index in [1.807, 2.05) is 6.07 Å². The summed E-state index contributed by atoms with van der Waals surface area (Å²) >= 11 is 5.11. The van der Waals surface area contributed by atoms with Crippen LogP contribution < -0.4 is 10.6 Å². The van der Waals surface area contributed by atoms with Crippen LogP contribution in [0.4, 0.5) is 5.69 Å². The number of piperidine rings is 1. The number of hydrogen-bond acceptors (Lipinski definition) is 3. The molecule has 4 heteroatoms. The second-order valence-corrected chi connectivity index (χ2v) is 5.31. The van der Waals surface area contributed by atoms with E-state index >= 15 is 0 Å². The van der Waals surface area contributed by atoms with Crippen molar-refractivity contribution in [3.63, 3.8) is 0 Å². The Balaban J connectivity index is 2.30. The summed E-state index contributed by atoms with van der Waals surface area (Å²) in [6, 6.07) is 4.67. The topological polar surface area (TPSA) is 42.2 Å². The molecule has 1 fully saturated rings. The Morgan fingerprint density at radius 3 is 3.11 bits per heavy atom. The van der Waals surface area contributed by atoms with E-state index in [4.69, 9.17) is 18.0 Å². The molecule has 1 aliphatic heterocycles. The van der Waals surface area contributed by atoms with Crippen molar-refractivity contribution in [1.29, 1.82) is 0 Å². The normalized spacial score (nSPS) is 19.8. The molecule has 0 radical (unpaired) electrons. The molecule has 3 nitrogen and oxygen atoms in total. The van der Waals surface area contributed by atoms with Gasteiger partial charge in [-0.25, -0.2) is 0 Å². The standard InChI is InChI=1S/C14H21N3S/c1-2-6-11-7-3-4-10-17(11)12-8-5-9-16-13(12)14(15)18/h5,8-9,11H,2-4,6-7,10H2,1H3,(H2,15,18). The fraction of sp³-hybridized carbons (Fsp3) is 0.571. The van der Waals surface area contributed by atoms with Gasteiger partial charge >= 0.3 is 0 Å². The zero-order valence-corrected chi connectivity index (χ0v) is 11.7. The third-order valence-electron chi connectivity index (χ3n) is 3.58. The number of aromatic nitrogens is 1. The number of hydrogen-bond donors (Lipinski definition) is 1. The first-order valence-electron chi connectivity index (χ1n) is 6.75. The quantitative estimate of drug-likeness (QED) is 0.848. The highest BCUT2D eigenvalue weighted by Crippen LogP contribution is 2.28. The maximum absolute atomic E-state index is 5.78. The summed E-state index contributed by atoms with van der Waals surface area (Å²) in [5, 5.41) is 0. The molecule has 0 saturated carbocycles. The minimum Gasteiger partial charge on any atom is -0.388 e. The minimum atomic E-state index is 0.395. The van der Waals surface area contributed by atoms with Gasteiger partial charge in [-0.2, -0.15) is 0 Å². The number of thiocarbonyl (C=S) groups is 1. The van der Waals surface area contributed by atoms with E-state index in [1.54, 1.807) is 6.20 Å². The SMILES string of the molecule is CCCC1CCCCN1c1cccnc1C(N)=S. The van der Waals surface area contributed by atoms with Crippen molar-refractivity contribution in [2.24, 2.45) is 5.73 Å². The summed E-state index contributed by atoms with van der Waals surface area (Å²) in [7, 11) is 0. The molecule has 1 saturated heterocycles. The highest BCUT2D eigenvalue weighted by molar-refractivity contribution is 7.80. The van der Waals surface area contributed by atoms with Crippen LogP contribution in [0.15, 0.2) is 18.3 Å². The van der Waals surface area contributed by atoms with Crippen LogP contribution in [0.1, 0.15) is 44.7 Å². The molecule has 0 bridgehead atoms. The monoisotopic (exact) mass is 263 g/mol. The van der Waals surface area contributed by atoms with Gasteiger partial charge in [-0.15, -0.1) is 0 Å². The highest BCUT2D eigenvalue weighted by Gasteiger charge is 2.24. The molecule has 1 aromatic rings. The van der Waals surface area contributed by atoms with Gasteiger partial charge < -0.3 is 10.6 Å². The van der Waals surface area contributed by atoms with Gasteiger partial charge in [0, 0.05) is 18.8 Å². The molecule has 0 amide bonds. The van der Waals surface area contributed by atoms with E-state index in [-0.39, 0.29) is 0 Å². The van der Waals surface area contributed by atoms with Gasteiger partial charge in [0.25, 0.3) is 0 Å². The average Bonchev–Trinajstić information content (AvgIpc) is 2.40. The Morgan fingerprint density at radius 2 is 2.39 bits per heavy atom. The van der Waals surface area contributed by atoms with Crippen LogP contribution in [0.25, 0.3) is 0 Å². The third kappa shape index (κ3) is 2.80. The van der Waals surface area contributed by atoms with Crippen LogP contribution in [-0.2, 0) is 0 Å². The molecule has 1 atom stereocenters. The Morgan fingerprint density at radius 1 is 1.56 bits per heavy atom. The summed E-state index contributed by atoms with van der Waals surface area (Å²) in [6.45, 7) is 3.33. The molecule has 0 aliphatic carbocycles. The fourth-order valence-electron chi connectivity index (χ4n) is 2.77. The van der Waals surface area contributed by atoms with Crippen molar-refractivity contribution in [2.45, 2.75) is 45.1 Å². The second kappa shape index (κ2) is 6.14. The first-order valence-corrected chi connectivity index (χ1v) is 7.16. The lowest BCUT2D eigenvalue weighted by molar-refractivity contribution is 0.434. The first kappa shape index (κ1) is 13.3. The number of pyridine rings is 1. The van der Waals surface area contributed by atoms with Gasteiger partial charge in [-0.05, 0) is 37.8 Å². The molecule has 0 aromatic carbocycles. The van der Waals surface area contributed by atoms with Crippen LogP contribution in [0.5, 0.6) is 0 Å². The minimum absolute atomic E-state index is 0.395. The lowest BCUT2D eigenvalue weighted by atomic mass is 9.97. The van der Waals surface area contributed by atoms with Crippen LogP contribution in [0.3, 0.4) is 0 Å². The van der Waals surface area contributed by atoms with Crippen molar-refractivity contribution < 1.29 is 0 Å². The largest absolute Gasteiger partial charge is 0.388 e. The van der Waals surface area contributed by atoms with Crippen LogP contribution in [0, 0.1) is 0 Å². The van der Waals surface area contributed by atoms with Crippen molar-refractivity contribution in [2.75, 3.05) is 11.4 Å². The first-order chi connectivity index (χ1) is 8.74. The van der Waals surface area contributed by atoms with Crippen molar-refractivity contribution in [3.8, 4) is 0 Å². The summed E-state index contributed by atoms with van der Waals surface area (Å²) < 4.78 is 0. The zero-order valence-electron chi connectivity index (χ0n) is 10.9. The molecule has 1 unspecified atom stereocenters. The predicted octanol–water partition coefficient (Wildman–Crippen LogP) is 2.87. The third-order valence-corrected chi connectivity index (χ3v) is 3.77. The van der Waals surface area contributed by atoms with Crippen LogP contribution >= 0.6 is 12.2 Å². The van der Waals surface area contributed by atoms with Gasteiger partial charge in [-0.1, -0.05) is 25.6 Å². The van der Waals surface area contributed by atoms with E-state index < -0.39 is 0 Å². The Hall–Kier alpha value is -1.16. The molecule has 1 aromatic heterocycles. The van der Waals surface area contributed by atoms with E-state index in [9.17, 15) is 0 Å². The average molecular weight is 263 g/mol. The van der Waals surface area contributed by atoms with Crippen LogP contribution in [0.2, 0.25) is 0 Å². The second-order valence-electron chi connectivity index (χ2n) is 4.87. The van der Waals surface area contributed by atoms with Gasteiger partial charge in [0.05, 0.1) is 5.69 Å². The molecule has 0 spiro atoms. The summed E-state index contributed by atoms with van der Waals surface area (Å²) in [6.07, 6.45) is 8.03. The lowest BCUT2D eigenvalue weighted by Crippen LogP contribution is -2.40. The van der Waals surface area contributed by atoms with Gasteiger partial charge in [-0.3, -0.25) is 4.98 Å². The number of nitrogens with zero attached hydrogens (tertiary/aromatic N) is 2. The number of rotatable bonds is 4. The summed E-state index contributed by atoms with van der Waals surface area (Å²) in [4.78, 5) is 7.19. The van der Waals surface area contributed by atoms with E-state index in [0.717, 1.165) is 17.9 Å². The molecular formula is C14H21N3S. The smallest absolute Gasteiger partial charge is 0.124 e. The summed E-state index contributed by atoms with van der Waals surface area (Å²) in [5.41, 5.74) is 7.67. The number of anilines is 1. The molecule has 18 heavy (non-hydrogen) atoms. The maximum atomic E-state index is 5.78. The molecule has 98 valence electrons. The van der Waals surface area contributed by atoms with E-state index in [2.05, 4.69) is 22.9 Å². The highest BCUT2D eigenvalue weighted by atomic mass is 32.1. The molecule has 2 rings (SSSR count). The molecular weight excluding hydrogens is 242 g/mol. The predicted molar refractivity (Wildman–Crippen MR) is 80.0 cm³/mol. The van der Waals surface area contributed by atoms with Crippen molar-refractivity contribution in [1.82, 2.24) is 4.98 Å². The summed E-state index contributed by atoms with van der Waals surface area (Å²) in [5.74, 6) is 0. The Bertz CT molecular complexity index is 417. The Kier molecular flexibility index (Phi) is 4.53. The van der Waals surface area contributed by atoms with E-state index in [0.29, 0.717) is 11.0 Å². The number of nitrogens with two attached hydrogens (primary N) is 1. The van der Waals surface area contributed by atoms with E-state index in [1.165, 1.54) is 32.1 Å². The molecule has 2 heterocycles. The molecule has 2 N–H and O–H groups in total. The molecule has 1 aliphatic rings. The van der Waals surface area contributed by atoms with Gasteiger partial charge in [0.1, 0.15) is 10.7 Å².